The van der Waals surface area contributed by atoms with Gasteiger partial charge in [0.15, 0.2) is 0 Å². The Kier molecular flexibility index (Phi) is 5.33. The van der Waals surface area contributed by atoms with Crippen LogP contribution in [0.15, 0.2) is 24.3 Å². The quantitative estimate of drug-likeness (QED) is 0.701. The molecule has 0 bridgehead atoms. The van der Waals surface area contributed by atoms with Crippen molar-refractivity contribution in [2.75, 3.05) is 36.6 Å². The molecule has 33 heavy (non-hydrogen) atoms. The van der Waals surface area contributed by atoms with Crippen molar-refractivity contribution in [2.45, 2.75) is 39.0 Å². The van der Waals surface area contributed by atoms with E-state index >= 15 is 0 Å². The fourth-order valence-corrected chi connectivity index (χ4v) is 4.42. The van der Waals surface area contributed by atoms with Gasteiger partial charge in [-0.1, -0.05) is 11.6 Å². The minimum absolute atomic E-state index is 0.0522. The molecule has 1 saturated heterocycles. The number of nitrogens with zero attached hydrogens (tertiary/aromatic N) is 3. The van der Waals surface area contributed by atoms with Crippen LogP contribution in [-0.4, -0.2) is 59.9 Å². The summed E-state index contributed by atoms with van der Waals surface area (Å²) in [4.78, 5) is 33.6. The lowest BCUT2D eigenvalue weighted by molar-refractivity contribution is 0.0248. The average molecular weight is 473 g/mol. The third-order valence-electron chi connectivity index (χ3n) is 5.70. The van der Waals surface area contributed by atoms with E-state index in [1.54, 1.807) is 32.9 Å². The molecule has 2 amide bonds. The van der Waals surface area contributed by atoms with E-state index in [0.717, 1.165) is 17.1 Å². The minimum atomic E-state index is -0.719. The van der Waals surface area contributed by atoms with Crippen LogP contribution in [-0.2, 0) is 16.0 Å². The molecule has 1 fully saturated rings. The molecule has 9 nitrogen and oxygen atoms in total. The van der Waals surface area contributed by atoms with Gasteiger partial charge in [-0.25, -0.2) is 9.69 Å². The summed E-state index contributed by atoms with van der Waals surface area (Å²) >= 11 is 6.36. The first-order valence-electron chi connectivity index (χ1n) is 10.8. The molecule has 3 aliphatic heterocycles. The summed E-state index contributed by atoms with van der Waals surface area (Å²) in [6, 6.07) is 7.38. The van der Waals surface area contributed by atoms with Crippen LogP contribution < -0.4 is 15.0 Å². The first kappa shape index (κ1) is 21.8. The smallest absolute Gasteiger partial charge is 0.417 e. The number of imide groups is 1. The van der Waals surface area contributed by atoms with Crippen LogP contribution >= 0.6 is 11.6 Å². The fraction of sp³-hybridized carbons (Fsp3) is 0.435. The number of anilines is 3. The number of benzene rings is 1. The third-order valence-corrected chi connectivity index (χ3v) is 6.05. The molecular formula is C23H25ClN4O5. The first-order chi connectivity index (χ1) is 15.7. The molecule has 1 aromatic carbocycles. The number of aromatic nitrogens is 1. The number of morpholine rings is 1. The van der Waals surface area contributed by atoms with E-state index in [1.807, 2.05) is 12.1 Å². The van der Waals surface area contributed by atoms with Gasteiger partial charge in [0.05, 0.1) is 37.1 Å². The van der Waals surface area contributed by atoms with Gasteiger partial charge in [-0.05, 0) is 45.0 Å². The molecule has 0 spiro atoms. The van der Waals surface area contributed by atoms with E-state index in [2.05, 4.69) is 15.2 Å². The topological polar surface area (TPSA) is 93.2 Å². The Balaban J connectivity index is 1.41. The number of hydrogen-bond acceptors (Lipinski definition) is 8. The summed E-state index contributed by atoms with van der Waals surface area (Å²) in [5.74, 6) is 0.591. The highest BCUT2D eigenvalue weighted by molar-refractivity contribution is 6.32. The number of nitrogens with one attached hydrogen (secondary N) is 1. The van der Waals surface area contributed by atoms with E-state index in [-0.39, 0.29) is 12.6 Å². The summed E-state index contributed by atoms with van der Waals surface area (Å²) in [5.41, 5.74) is 1.63. The Bertz CT molecular complexity index is 1130. The number of halogens is 1. The van der Waals surface area contributed by atoms with Crippen LogP contribution in [0.2, 0.25) is 5.02 Å². The minimum Gasteiger partial charge on any atom is -0.474 e. The number of carbonyl (C=O) groups excluding carboxylic acids is 2. The molecule has 0 aliphatic carbocycles. The molecule has 1 atom stereocenters. The number of ether oxygens (including phenoxy) is 3. The van der Waals surface area contributed by atoms with Crippen LogP contribution in [0.25, 0.3) is 0 Å². The Hall–Kier alpha value is -3.04. The molecule has 10 heteroatoms. The monoisotopic (exact) mass is 472 g/mol. The molecular weight excluding hydrogens is 448 g/mol. The van der Waals surface area contributed by atoms with Gasteiger partial charge in [-0.3, -0.25) is 4.79 Å². The third kappa shape index (κ3) is 4.06. The van der Waals surface area contributed by atoms with Crippen LogP contribution in [0, 0.1) is 0 Å². The Labute approximate surface area is 196 Å². The second kappa shape index (κ2) is 8.07. The Morgan fingerprint density at radius 2 is 2.06 bits per heavy atom. The number of fused-ring (bicyclic) bond motifs is 4. The van der Waals surface area contributed by atoms with Crippen molar-refractivity contribution >= 4 is 40.8 Å². The lowest BCUT2D eigenvalue weighted by Gasteiger charge is -2.40. The fourth-order valence-electron chi connectivity index (χ4n) is 4.21. The van der Waals surface area contributed by atoms with E-state index in [9.17, 15) is 9.59 Å². The van der Waals surface area contributed by atoms with Gasteiger partial charge < -0.3 is 24.4 Å². The molecule has 1 N–H and O–H groups in total. The zero-order valence-electron chi connectivity index (χ0n) is 18.7. The van der Waals surface area contributed by atoms with Crippen molar-refractivity contribution in [3.63, 3.8) is 0 Å². The van der Waals surface area contributed by atoms with E-state index < -0.39 is 17.6 Å². The predicted molar refractivity (Wildman–Crippen MR) is 123 cm³/mol. The molecule has 3 aliphatic rings. The van der Waals surface area contributed by atoms with Crippen molar-refractivity contribution in [2.24, 2.45) is 0 Å². The van der Waals surface area contributed by atoms with E-state index in [0.29, 0.717) is 53.4 Å². The Morgan fingerprint density at radius 3 is 2.85 bits per heavy atom. The standard InChI is InChI=1S/C23H25ClN4O5/c1-23(2,3)33-22(30)28-10-14-15(24)4-5-16(19(14)21(28)29)25-18-7-6-17-20(26-18)32-12-13-11-31-9-8-27(13)17/h4-7,13H,8-12H2,1-3H3,(H,25,26)/t13-/m0/s1. The van der Waals surface area contributed by atoms with Gasteiger partial charge in [0.1, 0.15) is 23.7 Å². The summed E-state index contributed by atoms with van der Waals surface area (Å²) in [7, 11) is 0. The predicted octanol–water partition coefficient (Wildman–Crippen LogP) is 3.97. The van der Waals surface area contributed by atoms with Gasteiger partial charge in [-0.2, -0.15) is 4.98 Å². The highest BCUT2D eigenvalue weighted by atomic mass is 35.5. The highest BCUT2D eigenvalue weighted by Gasteiger charge is 2.38. The van der Waals surface area contributed by atoms with Crippen molar-refractivity contribution < 1.29 is 23.8 Å². The molecule has 1 aromatic heterocycles. The molecule has 2 aromatic rings. The zero-order valence-corrected chi connectivity index (χ0v) is 19.4. The highest BCUT2D eigenvalue weighted by Crippen LogP contribution is 2.38. The molecule has 0 unspecified atom stereocenters. The number of carbonyl (C=O) groups is 2. The second-order valence-electron chi connectivity index (χ2n) is 9.20. The maximum Gasteiger partial charge on any atom is 0.417 e. The SMILES string of the molecule is CC(C)(C)OC(=O)N1Cc2c(Cl)ccc(Nc3ccc4c(n3)OC[C@@H]3COCCN43)c2C1=O. The van der Waals surface area contributed by atoms with Gasteiger partial charge in [0, 0.05) is 17.1 Å². The van der Waals surface area contributed by atoms with Crippen molar-refractivity contribution in [3.8, 4) is 5.88 Å². The molecule has 5 rings (SSSR count). The van der Waals surface area contributed by atoms with E-state index in [4.69, 9.17) is 25.8 Å². The van der Waals surface area contributed by atoms with Gasteiger partial charge in [0.2, 0.25) is 5.88 Å². The lowest BCUT2D eigenvalue weighted by atomic mass is 10.1. The summed E-state index contributed by atoms with van der Waals surface area (Å²) in [6.45, 7) is 7.90. The van der Waals surface area contributed by atoms with Crippen LogP contribution in [0.5, 0.6) is 5.88 Å². The summed E-state index contributed by atoms with van der Waals surface area (Å²) in [5, 5.41) is 3.61. The summed E-state index contributed by atoms with van der Waals surface area (Å²) < 4.78 is 16.8. The summed E-state index contributed by atoms with van der Waals surface area (Å²) in [6.07, 6.45) is -0.703. The maximum atomic E-state index is 13.1. The number of hydrogen-bond donors (Lipinski definition) is 1. The first-order valence-corrected chi connectivity index (χ1v) is 11.2. The molecule has 0 radical (unpaired) electrons. The largest absolute Gasteiger partial charge is 0.474 e. The molecule has 0 saturated carbocycles. The van der Waals surface area contributed by atoms with Crippen LogP contribution in [0.3, 0.4) is 0 Å². The van der Waals surface area contributed by atoms with Crippen molar-refractivity contribution in [1.82, 2.24) is 9.88 Å². The zero-order chi connectivity index (χ0) is 23.3. The number of rotatable bonds is 2. The number of pyridine rings is 1. The molecule has 4 heterocycles. The molecule has 174 valence electrons. The van der Waals surface area contributed by atoms with E-state index in [1.165, 1.54) is 0 Å². The normalized spacial score (nSPS) is 19.4. The van der Waals surface area contributed by atoms with Gasteiger partial charge in [-0.15, -0.1) is 0 Å². The van der Waals surface area contributed by atoms with Crippen LogP contribution in [0.4, 0.5) is 22.0 Å². The van der Waals surface area contributed by atoms with Crippen LogP contribution in [0.1, 0.15) is 36.7 Å². The lowest BCUT2D eigenvalue weighted by Crippen LogP contribution is -2.51. The Morgan fingerprint density at radius 1 is 1.24 bits per heavy atom. The van der Waals surface area contributed by atoms with Crippen molar-refractivity contribution in [3.05, 3.63) is 40.4 Å². The second-order valence-corrected chi connectivity index (χ2v) is 9.61. The maximum absolute atomic E-state index is 13.1. The van der Waals surface area contributed by atoms with Gasteiger partial charge >= 0.3 is 6.09 Å². The average Bonchev–Trinajstić information content (AvgIpc) is 3.13. The number of amides is 2. The van der Waals surface area contributed by atoms with Gasteiger partial charge in [0.25, 0.3) is 5.91 Å². The van der Waals surface area contributed by atoms with Crippen molar-refractivity contribution in [1.29, 1.82) is 0 Å².